The minimum atomic E-state index is -3.66. The minimum absolute atomic E-state index is 0.0408. The van der Waals surface area contributed by atoms with Gasteiger partial charge in [-0.25, -0.2) is 4.98 Å². The van der Waals surface area contributed by atoms with Crippen molar-refractivity contribution in [3.63, 3.8) is 0 Å². The van der Waals surface area contributed by atoms with Crippen LogP contribution in [-0.2, 0) is 10.7 Å². The number of hydrogen-bond acceptors (Lipinski definition) is 3. The zero-order valence-electron chi connectivity index (χ0n) is 14.4. The van der Waals surface area contributed by atoms with Crippen molar-refractivity contribution in [1.29, 1.82) is 0 Å². The molecule has 0 saturated carbocycles. The summed E-state index contributed by atoms with van der Waals surface area (Å²) in [6.07, 6.45) is 5.96. The predicted octanol–water partition coefficient (Wildman–Crippen LogP) is 3.93. The summed E-state index contributed by atoms with van der Waals surface area (Å²) in [7, 11) is 0. The number of aromatic nitrogens is 3. The van der Waals surface area contributed by atoms with E-state index in [1.165, 1.54) is 18.3 Å². The Bertz CT molecular complexity index is 891. The highest BCUT2D eigenvalue weighted by Gasteiger charge is 2.41. The highest BCUT2D eigenvalue weighted by Crippen LogP contribution is 2.29. The van der Waals surface area contributed by atoms with Crippen molar-refractivity contribution < 1.29 is 13.6 Å². The van der Waals surface area contributed by atoms with Crippen molar-refractivity contribution in [2.24, 2.45) is 0 Å². The lowest BCUT2D eigenvalue weighted by atomic mass is 10.1. The maximum Gasteiger partial charge on any atom is 0.351 e. The molecule has 0 aliphatic heterocycles. The van der Waals surface area contributed by atoms with Crippen LogP contribution in [0.5, 0.6) is 0 Å². The van der Waals surface area contributed by atoms with Gasteiger partial charge in [0.25, 0.3) is 5.91 Å². The van der Waals surface area contributed by atoms with Gasteiger partial charge < -0.3 is 9.88 Å². The number of benzene rings is 1. The molecule has 0 saturated heterocycles. The molecule has 0 fully saturated rings. The van der Waals surface area contributed by atoms with E-state index in [9.17, 15) is 13.6 Å². The Morgan fingerprint density at radius 2 is 1.92 bits per heavy atom. The molecular formula is C19H18F2N4O. The van der Waals surface area contributed by atoms with Gasteiger partial charge in [-0.1, -0.05) is 12.1 Å². The van der Waals surface area contributed by atoms with Gasteiger partial charge in [-0.05, 0) is 43.7 Å². The third kappa shape index (κ3) is 3.46. The standard InChI is InChI=1S/C19H18F2N4O/c1-13(25-11-10-23-14(25)2)15-5-7-17(8-6-15)24-18(26)19(20,21)16-4-3-9-22-12-16/h3-13H,1-2H3,(H,24,26)/t13-/m0/s1. The molecule has 1 aromatic carbocycles. The van der Waals surface area contributed by atoms with Crippen molar-refractivity contribution >= 4 is 11.6 Å². The molecule has 0 bridgehead atoms. The molecule has 3 aromatic rings. The van der Waals surface area contributed by atoms with Crippen molar-refractivity contribution in [3.8, 4) is 0 Å². The average molecular weight is 356 g/mol. The van der Waals surface area contributed by atoms with Crippen LogP contribution in [0.3, 0.4) is 0 Å². The van der Waals surface area contributed by atoms with Crippen LogP contribution in [0.1, 0.15) is 29.9 Å². The van der Waals surface area contributed by atoms with Crippen LogP contribution < -0.4 is 5.32 Å². The van der Waals surface area contributed by atoms with E-state index in [-0.39, 0.29) is 6.04 Å². The molecule has 1 N–H and O–H groups in total. The second kappa shape index (κ2) is 7.03. The third-order valence-corrected chi connectivity index (χ3v) is 4.24. The van der Waals surface area contributed by atoms with Gasteiger partial charge in [0.15, 0.2) is 0 Å². The van der Waals surface area contributed by atoms with Gasteiger partial charge in [0, 0.05) is 36.0 Å². The first-order valence-corrected chi connectivity index (χ1v) is 8.09. The number of carbonyl (C=O) groups is 1. The summed E-state index contributed by atoms with van der Waals surface area (Å²) < 4.78 is 30.4. The lowest BCUT2D eigenvalue weighted by molar-refractivity contribution is -0.141. The molecule has 0 radical (unpaired) electrons. The second-order valence-corrected chi connectivity index (χ2v) is 5.95. The van der Waals surface area contributed by atoms with Crippen LogP contribution in [0.15, 0.2) is 61.2 Å². The third-order valence-electron chi connectivity index (χ3n) is 4.24. The van der Waals surface area contributed by atoms with E-state index in [2.05, 4.69) is 15.3 Å². The van der Waals surface area contributed by atoms with Gasteiger partial charge >= 0.3 is 5.92 Å². The Kier molecular flexibility index (Phi) is 4.79. The van der Waals surface area contributed by atoms with E-state index < -0.39 is 17.4 Å². The van der Waals surface area contributed by atoms with Crippen LogP contribution in [-0.4, -0.2) is 20.4 Å². The Morgan fingerprint density at radius 1 is 1.19 bits per heavy atom. The molecular weight excluding hydrogens is 338 g/mol. The van der Waals surface area contributed by atoms with Gasteiger partial charge in [0.05, 0.1) is 6.04 Å². The topological polar surface area (TPSA) is 59.8 Å². The molecule has 134 valence electrons. The summed E-state index contributed by atoms with van der Waals surface area (Å²) in [6, 6.07) is 9.38. The maximum atomic E-state index is 14.2. The highest BCUT2D eigenvalue weighted by atomic mass is 19.3. The molecule has 2 heterocycles. The van der Waals surface area contributed by atoms with Gasteiger partial charge in [0.1, 0.15) is 5.82 Å². The SMILES string of the molecule is Cc1nccn1[C@@H](C)c1ccc(NC(=O)C(F)(F)c2cccnc2)cc1. The van der Waals surface area contributed by atoms with Crippen molar-refractivity contribution in [2.45, 2.75) is 25.8 Å². The molecule has 7 heteroatoms. The highest BCUT2D eigenvalue weighted by molar-refractivity contribution is 5.96. The number of rotatable bonds is 5. The molecule has 2 aromatic heterocycles. The lowest BCUT2D eigenvalue weighted by Gasteiger charge is -2.18. The van der Waals surface area contributed by atoms with E-state index in [0.717, 1.165) is 17.6 Å². The van der Waals surface area contributed by atoms with Gasteiger partial charge in [-0.3, -0.25) is 9.78 Å². The lowest BCUT2D eigenvalue weighted by Crippen LogP contribution is -2.32. The molecule has 0 aliphatic rings. The number of nitrogens with one attached hydrogen (secondary N) is 1. The fraction of sp³-hybridized carbons (Fsp3) is 0.211. The largest absolute Gasteiger partial charge is 0.351 e. The maximum absolute atomic E-state index is 14.2. The van der Waals surface area contributed by atoms with E-state index in [0.29, 0.717) is 5.69 Å². The first-order valence-electron chi connectivity index (χ1n) is 8.09. The number of anilines is 1. The molecule has 0 unspecified atom stereocenters. The average Bonchev–Trinajstić information content (AvgIpc) is 3.08. The van der Waals surface area contributed by atoms with Crippen LogP contribution in [0.4, 0.5) is 14.5 Å². The second-order valence-electron chi connectivity index (χ2n) is 5.95. The van der Waals surface area contributed by atoms with Crippen molar-refractivity contribution in [2.75, 3.05) is 5.32 Å². The predicted molar refractivity (Wildman–Crippen MR) is 94.0 cm³/mol. The molecule has 0 spiro atoms. The van der Waals surface area contributed by atoms with E-state index in [1.54, 1.807) is 30.5 Å². The molecule has 1 atom stereocenters. The zero-order valence-corrected chi connectivity index (χ0v) is 14.4. The Morgan fingerprint density at radius 3 is 2.50 bits per heavy atom. The van der Waals surface area contributed by atoms with Crippen LogP contribution >= 0.6 is 0 Å². The van der Waals surface area contributed by atoms with Crippen LogP contribution in [0.25, 0.3) is 0 Å². The summed E-state index contributed by atoms with van der Waals surface area (Å²) >= 11 is 0. The molecule has 26 heavy (non-hydrogen) atoms. The first-order chi connectivity index (χ1) is 12.4. The van der Waals surface area contributed by atoms with E-state index in [4.69, 9.17) is 0 Å². The summed E-state index contributed by atoms with van der Waals surface area (Å²) in [4.78, 5) is 19.8. The normalized spacial score (nSPS) is 12.6. The van der Waals surface area contributed by atoms with Crippen molar-refractivity contribution in [3.05, 3.63) is 78.1 Å². The minimum Gasteiger partial charge on any atom is -0.328 e. The fourth-order valence-corrected chi connectivity index (χ4v) is 2.69. The summed E-state index contributed by atoms with van der Waals surface area (Å²) in [5.41, 5.74) is 0.832. The number of nitrogens with zero attached hydrogens (tertiary/aromatic N) is 3. The van der Waals surface area contributed by atoms with E-state index in [1.807, 2.05) is 24.6 Å². The number of halogens is 2. The Balaban J connectivity index is 1.73. The number of imidazole rings is 1. The van der Waals surface area contributed by atoms with E-state index >= 15 is 0 Å². The van der Waals surface area contributed by atoms with Crippen LogP contribution in [0, 0.1) is 6.92 Å². The Hall–Kier alpha value is -3.09. The zero-order chi connectivity index (χ0) is 18.7. The fourth-order valence-electron chi connectivity index (χ4n) is 2.69. The number of aryl methyl sites for hydroxylation is 1. The van der Waals surface area contributed by atoms with Crippen molar-refractivity contribution in [1.82, 2.24) is 14.5 Å². The number of carbonyl (C=O) groups excluding carboxylic acids is 1. The summed E-state index contributed by atoms with van der Waals surface area (Å²) in [5.74, 6) is -4.17. The smallest absolute Gasteiger partial charge is 0.328 e. The molecule has 5 nitrogen and oxygen atoms in total. The van der Waals surface area contributed by atoms with Crippen LogP contribution in [0.2, 0.25) is 0 Å². The summed E-state index contributed by atoms with van der Waals surface area (Å²) in [6.45, 7) is 3.92. The number of amides is 1. The van der Waals surface area contributed by atoms with Gasteiger partial charge in [-0.15, -0.1) is 0 Å². The van der Waals surface area contributed by atoms with Gasteiger partial charge in [0.2, 0.25) is 0 Å². The molecule has 3 rings (SSSR count). The number of pyridine rings is 1. The first kappa shape index (κ1) is 17.7. The van der Waals surface area contributed by atoms with Gasteiger partial charge in [-0.2, -0.15) is 8.78 Å². The number of hydrogen-bond donors (Lipinski definition) is 1. The summed E-state index contributed by atoms with van der Waals surface area (Å²) in [5, 5.41) is 2.26. The Labute approximate surface area is 149 Å². The molecule has 0 aliphatic carbocycles. The molecule has 1 amide bonds. The number of alkyl halides is 2. The quantitative estimate of drug-likeness (QED) is 0.754. The monoisotopic (exact) mass is 356 g/mol.